The first-order chi connectivity index (χ1) is 14.0. The third kappa shape index (κ3) is 3.78. The number of aromatic nitrogens is 2. The standard InChI is InChI=1S/C23H17F2N3O/c1-14-5-6-16(21-12-26-13-27-21)11-18(14)15-7-9-17(10-8-15)28-23(29)22-19(24)3-2-4-20(22)25/h2-13H,1H3,(H,26,27)(H,28,29). The first-order valence-electron chi connectivity index (χ1n) is 8.98. The quantitative estimate of drug-likeness (QED) is 0.478. The van der Waals surface area contributed by atoms with Gasteiger partial charge in [-0.2, -0.15) is 0 Å². The number of amides is 1. The smallest absolute Gasteiger partial charge is 0.261 e. The molecule has 2 N–H and O–H groups in total. The molecule has 0 radical (unpaired) electrons. The van der Waals surface area contributed by atoms with E-state index < -0.39 is 23.1 Å². The third-order valence-corrected chi connectivity index (χ3v) is 4.69. The highest BCUT2D eigenvalue weighted by atomic mass is 19.1. The average Bonchev–Trinajstić information content (AvgIpc) is 3.24. The molecule has 6 heteroatoms. The Labute approximate surface area is 166 Å². The molecule has 0 aliphatic carbocycles. The fraction of sp³-hybridized carbons (Fsp3) is 0.0435. The van der Waals surface area contributed by atoms with E-state index in [1.165, 1.54) is 6.07 Å². The van der Waals surface area contributed by atoms with Crippen LogP contribution in [0.1, 0.15) is 15.9 Å². The monoisotopic (exact) mass is 389 g/mol. The lowest BCUT2D eigenvalue weighted by molar-refractivity contribution is 0.101. The lowest BCUT2D eigenvalue weighted by atomic mass is 9.97. The van der Waals surface area contributed by atoms with E-state index in [1.54, 1.807) is 24.7 Å². The molecule has 0 atom stereocenters. The average molecular weight is 389 g/mol. The van der Waals surface area contributed by atoms with Gasteiger partial charge in [-0.1, -0.05) is 30.3 Å². The van der Waals surface area contributed by atoms with Crippen molar-refractivity contribution in [2.45, 2.75) is 6.92 Å². The summed E-state index contributed by atoms with van der Waals surface area (Å²) in [5.74, 6) is -2.62. The van der Waals surface area contributed by atoms with E-state index in [1.807, 2.05) is 31.2 Å². The first-order valence-corrected chi connectivity index (χ1v) is 8.98. The lowest BCUT2D eigenvalue weighted by Crippen LogP contribution is -2.15. The van der Waals surface area contributed by atoms with E-state index in [0.717, 1.165) is 40.1 Å². The van der Waals surface area contributed by atoms with E-state index in [9.17, 15) is 13.6 Å². The van der Waals surface area contributed by atoms with Crippen LogP contribution in [0.2, 0.25) is 0 Å². The van der Waals surface area contributed by atoms with Crippen LogP contribution < -0.4 is 5.32 Å². The Morgan fingerprint density at radius 2 is 1.66 bits per heavy atom. The SMILES string of the molecule is Cc1ccc(-c2cnc[nH]2)cc1-c1ccc(NC(=O)c2c(F)cccc2F)cc1. The third-order valence-electron chi connectivity index (χ3n) is 4.69. The zero-order valence-corrected chi connectivity index (χ0v) is 15.5. The Hall–Kier alpha value is -3.80. The molecule has 3 aromatic carbocycles. The van der Waals surface area contributed by atoms with E-state index in [0.29, 0.717) is 5.69 Å². The van der Waals surface area contributed by atoms with Crippen molar-refractivity contribution in [1.29, 1.82) is 0 Å². The maximum Gasteiger partial charge on any atom is 0.261 e. The number of H-pyrrole nitrogens is 1. The van der Waals surface area contributed by atoms with Gasteiger partial charge in [-0.05, 0) is 53.9 Å². The van der Waals surface area contributed by atoms with Gasteiger partial charge < -0.3 is 10.3 Å². The number of anilines is 1. The van der Waals surface area contributed by atoms with E-state index in [-0.39, 0.29) is 0 Å². The molecule has 144 valence electrons. The summed E-state index contributed by atoms with van der Waals surface area (Å²) in [6, 6.07) is 16.5. The largest absolute Gasteiger partial charge is 0.345 e. The molecular formula is C23H17F2N3O. The van der Waals surface area contributed by atoms with Gasteiger partial charge in [-0.15, -0.1) is 0 Å². The van der Waals surface area contributed by atoms with Crippen molar-refractivity contribution in [3.63, 3.8) is 0 Å². The molecule has 0 spiro atoms. The van der Waals surface area contributed by atoms with E-state index >= 15 is 0 Å². The molecule has 1 amide bonds. The van der Waals surface area contributed by atoms with E-state index in [2.05, 4.69) is 21.4 Å². The molecule has 0 bridgehead atoms. The first kappa shape index (κ1) is 18.6. The maximum absolute atomic E-state index is 13.8. The van der Waals surface area contributed by atoms with Gasteiger partial charge >= 0.3 is 0 Å². The predicted octanol–water partition coefficient (Wildman–Crippen LogP) is 5.58. The topological polar surface area (TPSA) is 57.8 Å². The van der Waals surface area contributed by atoms with Crippen LogP contribution >= 0.6 is 0 Å². The van der Waals surface area contributed by atoms with Gasteiger partial charge in [0.05, 0.1) is 18.2 Å². The Morgan fingerprint density at radius 3 is 2.31 bits per heavy atom. The van der Waals surface area contributed by atoms with Crippen molar-refractivity contribution in [1.82, 2.24) is 9.97 Å². The fourth-order valence-electron chi connectivity index (χ4n) is 3.16. The number of benzene rings is 3. The lowest BCUT2D eigenvalue weighted by Gasteiger charge is -2.11. The highest BCUT2D eigenvalue weighted by molar-refractivity contribution is 6.04. The Balaban J connectivity index is 1.59. The number of aryl methyl sites for hydroxylation is 1. The predicted molar refractivity (Wildman–Crippen MR) is 109 cm³/mol. The highest BCUT2D eigenvalue weighted by Crippen LogP contribution is 2.29. The second kappa shape index (κ2) is 7.67. The van der Waals surface area contributed by atoms with Crippen molar-refractivity contribution in [2.24, 2.45) is 0 Å². The minimum atomic E-state index is -0.898. The Bertz CT molecular complexity index is 1150. The summed E-state index contributed by atoms with van der Waals surface area (Å²) in [6.45, 7) is 2.02. The van der Waals surface area contributed by atoms with Crippen LogP contribution in [-0.4, -0.2) is 15.9 Å². The molecule has 1 heterocycles. The molecule has 0 aliphatic rings. The summed E-state index contributed by atoms with van der Waals surface area (Å²) in [6.07, 6.45) is 3.39. The normalized spacial score (nSPS) is 10.7. The number of hydrogen-bond donors (Lipinski definition) is 2. The zero-order valence-electron chi connectivity index (χ0n) is 15.5. The number of halogens is 2. The van der Waals surface area contributed by atoms with Gasteiger partial charge in [0, 0.05) is 11.3 Å². The van der Waals surface area contributed by atoms with Gasteiger partial charge in [-0.3, -0.25) is 4.79 Å². The highest BCUT2D eigenvalue weighted by Gasteiger charge is 2.17. The molecule has 4 rings (SSSR count). The summed E-state index contributed by atoms with van der Waals surface area (Å²) in [7, 11) is 0. The van der Waals surface area contributed by atoms with Crippen LogP contribution in [0, 0.1) is 18.6 Å². The molecule has 0 fully saturated rings. The molecule has 0 aliphatic heterocycles. The number of nitrogens with one attached hydrogen (secondary N) is 2. The van der Waals surface area contributed by atoms with Crippen LogP contribution in [0.4, 0.5) is 14.5 Å². The van der Waals surface area contributed by atoms with Crippen LogP contribution in [0.25, 0.3) is 22.4 Å². The number of rotatable bonds is 4. The number of hydrogen-bond acceptors (Lipinski definition) is 2. The summed E-state index contributed by atoms with van der Waals surface area (Å²) in [4.78, 5) is 19.4. The second-order valence-corrected chi connectivity index (χ2v) is 6.62. The minimum Gasteiger partial charge on any atom is -0.345 e. The number of aromatic amines is 1. The Morgan fingerprint density at radius 1 is 0.966 bits per heavy atom. The fourth-order valence-corrected chi connectivity index (χ4v) is 3.16. The molecule has 4 aromatic rings. The van der Waals surface area contributed by atoms with Crippen molar-refractivity contribution in [3.8, 4) is 22.4 Å². The van der Waals surface area contributed by atoms with Gasteiger partial charge in [0.1, 0.15) is 17.2 Å². The molecular weight excluding hydrogens is 372 g/mol. The van der Waals surface area contributed by atoms with Gasteiger partial charge in [0.2, 0.25) is 0 Å². The molecule has 29 heavy (non-hydrogen) atoms. The van der Waals surface area contributed by atoms with Crippen LogP contribution in [-0.2, 0) is 0 Å². The van der Waals surface area contributed by atoms with Gasteiger partial charge in [0.15, 0.2) is 0 Å². The van der Waals surface area contributed by atoms with Gasteiger partial charge in [-0.25, -0.2) is 13.8 Å². The summed E-state index contributed by atoms with van der Waals surface area (Å²) >= 11 is 0. The minimum absolute atomic E-state index is 0.448. The summed E-state index contributed by atoms with van der Waals surface area (Å²) < 4.78 is 27.6. The van der Waals surface area contributed by atoms with Crippen molar-refractivity contribution in [3.05, 3.63) is 95.9 Å². The van der Waals surface area contributed by atoms with E-state index in [4.69, 9.17) is 0 Å². The zero-order chi connectivity index (χ0) is 20.4. The number of imidazole rings is 1. The molecule has 0 saturated heterocycles. The number of carbonyl (C=O) groups excluding carboxylic acids is 1. The maximum atomic E-state index is 13.8. The van der Waals surface area contributed by atoms with Crippen molar-refractivity contribution < 1.29 is 13.6 Å². The molecule has 4 nitrogen and oxygen atoms in total. The van der Waals surface area contributed by atoms with Crippen LogP contribution in [0.5, 0.6) is 0 Å². The van der Waals surface area contributed by atoms with Crippen LogP contribution in [0.15, 0.2) is 73.2 Å². The molecule has 0 saturated carbocycles. The summed E-state index contributed by atoms with van der Waals surface area (Å²) in [5.41, 5.74) is 4.87. The van der Waals surface area contributed by atoms with Crippen molar-refractivity contribution in [2.75, 3.05) is 5.32 Å². The molecule has 0 unspecified atom stereocenters. The summed E-state index contributed by atoms with van der Waals surface area (Å²) in [5, 5.41) is 2.53. The Kier molecular flexibility index (Phi) is 4.91. The van der Waals surface area contributed by atoms with Gasteiger partial charge in [0.25, 0.3) is 5.91 Å². The number of carbonyl (C=O) groups is 1. The number of nitrogens with zero attached hydrogens (tertiary/aromatic N) is 1. The molecule has 1 aromatic heterocycles. The van der Waals surface area contributed by atoms with Crippen LogP contribution in [0.3, 0.4) is 0 Å². The van der Waals surface area contributed by atoms with Crippen molar-refractivity contribution >= 4 is 11.6 Å². The second-order valence-electron chi connectivity index (χ2n) is 6.62.